The van der Waals surface area contributed by atoms with E-state index >= 15 is 0 Å². The Hall–Kier alpha value is -3.28. The minimum atomic E-state index is -3.72. The zero-order valence-electron chi connectivity index (χ0n) is 16.9. The van der Waals surface area contributed by atoms with Crippen molar-refractivity contribution in [2.24, 2.45) is 0 Å². The average molecular weight is 462 g/mol. The van der Waals surface area contributed by atoms with Gasteiger partial charge in [0.25, 0.3) is 0 Å². The highest BCUT2D eigenvalue weighted by atomic mass is 35.5. The molecule has 2 heterocycles. The lowest BCUT2D eigenvalue weighted by Crippen LogP contribution is -2.24. The molecule has 2 amide bonds. The molecule has 0 radical (unpaired) electrons. The minimum Gasteiger partial charge on any atom is -0.341 e. The monoisotopic (exact) mass is 461 g/mol. The molecule has 3 N–H and O–H groups in total. The number of benzene rings is 1. The summed E-state index contributed by atoms with van der Waals surface area (Å²) in [5, 5.41) is 8.15. The van der Waals surface area contributed by atoms with Gasteiger partial charge in [-0.1, -0.05) is 11.6 Å². The van der Waals surface area contributed by atoms with Crippen LogP contribution in [0.15, 0.2) is 53.7 Å². The number of anilines is 3. The first-order valence-corrected chi connectivity index (χ1v) is 10.8. The van der Waals surface area contributed by atoms with Gasteiger partial charge in [0.15, 0.2) is 0 Å². The van der Waals surface area contributed by atoms with Crippen molar-refractivity contribution >= 4 is 45.1 Å². The number of amides is 2. The number of aromatic nitrogens is 3. The molecule has 31 heavy (non-hydrogen) atoms. The number of rotatable bonds is 6. The van der Waals surface area contributed by atoms with E-state index in [4.69, 9.17) is 11.6 Å². The number of hydrogen-bond donors (Lipinski definition) is 3. The second-order valence-corrected chi connectivity index (χ2v) is 8.98. The minimum absolute atomic E-state index is 0.0284. The van der Waals surface area contributed by atoms with Crippen LogP contribution in [0.3, 0.4) is 0 Å². The highest BCUT2D eigenvalue weighted by Gasteiger charge is 2.21. The van der Waals surface area contributed by atoms with Gasteiger partial charge in [-0.25, -0.2) is 32.5 Å². The van der Waals surface area contributed by atoms with Crippen molar-refractivity contribution in [1.29, 1.82) is 0 Å². The van der Waals surface area contributed by atoms with Crippen LogP contribution in [0.25, 0.3) is 11.3 Å². The fourth-order valence-corrected chi connectivity index (χ4v) is 3.92. The Bertz CT molecular complexity index is 1220. The van der Waals surface area contributed by atoms with E-state index in [0.717, 1.165) is 4.31 Å². The van der Waals surface area contributed by atoms with Gasteiger partial charge in [-0.15, -0.1) is 0 Å². The number of hydrogen-bond acceptors (Lipinski definition) is 7. The van der Waals surface area contributed by atoms with Gasteiger partial charge in [-0.2, -0.15) is 0 Å². The molecule has 0 atom stereocenters. The van der Waals surface area contributed by atoms with Gasteiger partial charge in [0.1, 0.15) is 10.7 Å². The van der Waals surface area contributed by atoms with E-state index in [9.17, 15) is 13.2 Å². The Morgan fingerprint density at radius 1 is 1.06 bits per heavy atom. The number of sulfonamides is 1. The zero-order valence-corrected chi connectivity index (χ0v) is 18.5. The fraction of sp³-hybridized carbons (Fsp3) is 0.158. The van der Waals surface area contributed by atoms with E-state index in [0.29, 0.717) is 22.8 Å². The smallest absolute Gasteiger partial charge is 0.320 e. The Balaban J connectivity index is 1.89. The van der Waals surface area contributed by atoms with Crippen LogP contribution in [-0.2, 0) is 10.0 Å². The standard InChI is InChI=1S/C19H20ClN7O3S/c1-21-19(28)26-17-10-12(6-8-22-17)15-7-9-23-18(25-15)24-13-4-5-14(20)16(11-13)31(29,30)27(2)3/h4-11H,1-3H3,(H,23,24,25)(H2,21,22,26,28). The third kappa shape index (κ3) is 5.26. The van der Waals surface area contributed by atoms with Crippen LogP contribution >= 0.6 is 11.6 Å². The first-order valence-electron chi connectivity index (χ1n) is 8.98. The number of nitrogens with zero attached hydrogens (tertiary/aromatic N) is 4. The highest BCUT2D eigenvalue weighted by Crippen LogP contribution is 2.28. The lowest BCUT2D eigenvalue weighted by Gasteiger charge is -2.14. The van der Waals surface area contributed by atoms with Crippen molar-refractivity contribution < 1.29 is 13.2 Å². The Morgan fingerprint density at radius 3 is 2.52 bits per heavy atom. The highest BCUT2D eigenvalue weighted by molar-refractivity contribution is 7.89. The van der Waals surface area contributed by atoms with Crippen LogP contribution in [0.4, 0.5) is 22.2 Å². The normalized spacial score (nSPS) is 11.3. The van der Waals surface area contributed by atoms with Crippen molar-refractivity contribution in [3.05, 3.63) is 53.8 Å². The molecule has 0 unspecified atom stereocenters. The van der Waals surface area contributed by atoms with Crippen molar-refractivity contribution in [2.75, 3.05) is 31.8 Å². The van der Waals surface area contributed by atoms with Gasteiger partial charge in [0.2, 0.25) is 16.0 Å². The summed E-state index contributed by atoms with van der Waals surface area (Å²) in [6.45, 7) is 0. The summed E-state index contributed by atoms with van der Waals surface area (Å²) < 4.78 is 26.0. The second kappa shape index (κ2) is 9.25. The molecule has 162 valence electrons. The molecule has 3 rings (SSSR count). The lowest BCUT2D eigenvalue weighted by atomic mass is 10.2. The number of halogens is 1. The molecular weight excluding hydrogens is 442 g/mol. The topological polar surface area (TPSA) is 129 Å². The zero-order chi connectivity index (χ0) is 22.6. The van der Waals surface area contributed by atoms with Crippen LogP contribution in [0.2, 0.25) is 5.02 Å². The van der Waals surface area contributed by atoms with Crippen molar-refractivity contribution in [3.63, 3.8) is 0 Å². The molecule has 0 aliphatic heterocycles. The van der Waals surface area contributed by atoms with Crippen LogP contribution in [0.5, 0.6) is 0 Å². The number of pyridine rings is 1. The molecular formula is C19H20ClN7O3S. The molecule has 0 bridgehead atoms. The van der Waals surface area contributed by atoms with Crippen LogP contribution in [-0.4, -0.2) is 54.8 Å². The number of carbonyl (C=O) groups is 1. The maximum atomic E-state index is 12.5. The summed E-state index contributed by atoms with van der Waals surface area (Å²) in [4.78, 5) is 24.2. The largest absolute Gasteiger partial charge is 0.341 e. The first-order chi connectivity index (χ1) is 14.7. The molecule has 0 aliphatic rings. The van der Waals surface area contributed by atoms with Crippen LogP contribution in [0.1, 0.15) is 0 Å². The predicted octanol–water partition coefficient (Wildman–Crippen LogP) is 2.94. The number of carbonyl (C=O) groups excluding carboxylic acids is 1. The van der Waals surface area contributed by atoms with Gasteiger partial charge < -0.3 is 10.6 Å². The van der Waals surface area contributed by atoms with Gasteiger partial charge in [-0.05, 0) is 36.4 Å². The van der Waals surface area contributed by atoms with Crippen molar-refractivity contribution in [3.8, 4) is 11.3 Å². The molecule has 0 spiro atoms. The fourth-order valence-electron chi connectivity index (χ4n) is 2.52. The second-order valence-electron chi connectivity index (χ2n) is 6.46. The van der Waals surface area contributed by atoms with E-state index < -0.39 is 10.0 Å². The molecule has 2 aromatic heterocycles. The SMILES string of the molecule is CNC(=O)Nc1cc(-c2ccnc(Nc3ccc(Cl)c(S(=O)(=O)N(C)C)c3)n2)ccn1. The third-order valence-corrected chi connectivity index (χ3v) is 6.42. The van der Waals surface area contributed by atoms with E-state index in [2.05, 4.69) is 30.9 Å². The first kappa shape index (κ1) is 22.4. The molecule has 10 nitrogen and oxygen atoms in total. The van der Waals surface area contributed by atoms with Crippen molar-refractivity contribution in [1.82, 2.24) is 24.6 Å². The van der Waals surface area contributed by atoms with E-state index in [1.165, 1.54) is 33.3 Å². The summed E-state index contributed by atoms with van der Waals surface area (Å²) in [5.74, 6) is 0.617. The van der Waals surface area contributed by atoms with E-state index in [1.807, 2.05) is 0 Å². The van der Waals surface area contributed by atoms with Gasteiger partial charge >= 0.3 is 6.03 Å². The quantitative estimate of drug-likeness (QED) is 0.514. The summed E-state index contributed by atoms with van der Waals surface area (Å²) in [5.41, 5.74) is 1.74. The molecule has 12 heteroatoms. The Labute approximate surface area is 184 Å². The third-order valence-electron chi connectivity index (χ3n) is 4.13. The van der Waals surface area contributed by atoms with E-state index in [1.54, 1.807) is 36.7 Å². The van der Waals surface area contributed by atoms with E-state index in [-0.39, 0.29) is 21.9 Å². The van der Waals surface area contributed by atoms with Gasteiger partial charge in [0.05, 0.1) is 10.7 Å². The summed E-state index contributed by atoms with van der Waals surface area (Å²) in [6, 6.07) is 9.27. The lowest BCUT2D eigenvalue weighted by molar-refractivity contribution is 0.254. The van der Waals surface area contributed by atoms with Crippen LogP contribution < -0.4 is 16.0 Å². The number of urea groups is 1. The average Bonchev–Trinajstić information content (AvgIpc) is 2.75. The van der Waals surface area contributed by atoms with Crippen molar-refractivity contribution in [2.45, 2.75) is 4.90 Å². The number of nitrogens with one attached hydrogen (secondary N) is 3. The van der Waals surface area contributed by atoms with Gasteiger partial charge in [0, 0.05) is 44.8 Å². The molecule has 1 aromatic carbocycles. The molecule has 0 saturated carbocycles. The molecule has 3 aromatic rings. The summed E-state index contributed by atoms with van der Waals surface area (Å²) in [6.07, 6.45) is 3.11. The summed E-state index contributed by atoms with van der Waals surface area (Å²) in [7, 11) is 0.653. The maximum absolute atomic E-state index is 12.5. The molecule has 0 saturated heterocycles. The predicted molar refractivity (Wildman–Crippen MR) is 119 cm³/mol. The Morgan fingerprint density at radius 2 is 1.81 bits per heavy atom. The van der Waals surface area contributed by atoms with Gasteiger partial charge in [-0.3, -0.25) is 5.32 Å². The van der Waals surface area contributed by atoms with Crippen LogP contribution in [0, 0.1) is 0 Å². The molecule has 0 aliphatic carbocycles. The molecule has 0 fully saturated rings. The summed E-state index contributed by atoms with van der Waals surface area (Å²) >= 11 is 6.09. The maximum Gasteiger partial charge on any atom is 0.320 e. The Kier molecular flexibility index (Phi) is 6.68.